The number of nitrogens with two attached hydrogens (primary N) is 1. The Hall–Kier alpha value is -0.320. The predicted octanol–water partition coefficient (Wildman–Crippen LogP) is 2.47. The smallest absolute Gasteiger partial charge is 0.127 e. The van der Waals surface area contributed by atoms with Crippen molar-refractivity contribution >= 4 is 28.4 Å². The van der Waals surface area contributed by atoms with E-state index >= 15 is 0 Å². The lowest BCUT2D eigenvalue weighted by molar-refractivity contribution is 1.09. The van der Waals surface area contributed by atoms with Crippen molar-refractivity contribution in [3.8, 4) is 0 Å². The lowest BCUT2D eigenvalue weighted by Gasteiger charge is -2.06. The number of hydrogen-bond acceptors (Lipinski definition) is 2. The van der Waals surface area contributed by atoms with Gasteiger partial charge in [0.15, 0.2) is 0 Å². The molecule has 1 atom stereocenters. The number of aryl methyl sites for hydroxylation is 1. The van der Waals surface area contributed by atoms with Gasteiger partial charge in [-0.05, 0) is 19.9 Å². The van der Waals surface area contributed by atoms with Gasteiger partial charge in [0.2, 0.25) is 0 Å². The van der Waals surface area contributed by atoms with E-state index in [1.807, 2.05) is 19.1 Å². The molecule has 11 heavy (non-hydrogen) atoms. The van der Waals surface area contributed by atoms with Crippen LogP contribution < -0.4 is 5.73 Å². The fourth-order valence-electron chi connectivity index (χ4n) is 0.924. The minimum absolute atomic E-state index is 0.431. The van der Waals surface area contributed by atoms with E-state index in [-0.39, 0.29) is 0 Å². The summed E-state index contributed by atoms with van der Waals surface area (Å²) in [4.78, 5) is 4.17. The molecule has 60 valence electrons. The molecular formula is C8H11IN2. The topological polar surface area (TPSA) is 38.9 Å². The average molecular weight is 262 g/mol. The van der Waals surface area contributed by atoms with E-state index in [0.29, 0.717) is 9.74 Å². The number of hydrogen-bond donors (Lipinski definition) is 1. The first kappa shape index (κ1) is 8.77. The maximum absolute atomic E-state index is 5.71. The highest BCUT2D eigenvalue weighted by Gasteiger charge is 2.05. The van der Waals surface area contributed by atoms with Crippen LogP contribution in [0.15, 0.2) is 12.1 Å². The normalized spacial score (nSPS) is 13.0. The molecule has 1 heterocycles. The van der Waals surface area contributed by atoms with Crippen LogP contribution in [0.5, 0.6) is 0 Å². The highest BCUT2D eigenvalue weighted by atomic mass is 127. The summed E-state index contributed by atoms with van der Waals surface area (Å²) in [5, 5.41) is 0. The lowest BCUT2D eigenvalue weighted by atomic mass is 10.2. The molecule has 0 aliphatic carbocycles. The van der Waals surface area contributed by atoms with Gasteiger partial charge in [-0.2, -0.15) is 0 Å². The molecule has 0 aliphatic heterocycles. The molecule has 1 aromatic heterocycles. The number of pyridine rings is 1. The highest BCUT2D eigenvalue weighted by Crippen LogP contribution is 2.25. The van der Waals surface area contributed by atoms with E-state index in [2.05, 4.69) is 34.5 Å². The van der Waals surface area contributed by atoms with Crippen LogP contribution in [0, 0.1) is 6.92 Å². The monoisotopic (exact) mass is 262 g/mol. The fourth-order valence-corrected chi connectivity index (χ4v) is 1.45. The molecule has 0 aromatic carbocycles. The molecule has 0 amide bonds. The molecule has 0 saturated heterocycles. The summed E-state index contributed by atoms with van der Waals surface area (Å²) >= 11 is 2.33. The van der Waals surface area contributed by atoms with Crippen molar-refractivity contribution in [3.05, 3.63) is 23.4 Å². The van der Waals surface area contributed by atoms with Crippen LogP contribution >= 0.6 is 22.6 Å². The van der Waals surface area contributed by atoms with Gasteiger partial charge in [-0.3, -0.25) is 0 Å². The fraction of sp³-hybridized carbons (Fsp3) is 0.375. The molecule has 0 radical (unpaired) electrons. The van der Waals surface area contributed by atoms with Crippen LogP contribution in [0.25, 0.3) is 0 Å². The molecule has 1 aromatic rings. The Morgan fingerprint density at radius 3 is 2.64 bits per heavy atom. The Kier molecular flexibility index (Phi) is 2.70. The predicted molar refractivity (Wildman–Crippen MR) is 55.8 cm³/mol. The SMILES string of the molecule is Cc1ccc(C(C)I)c(N)n1. The number of halogens is 1. The van der Waals surface area contributed by atoms with Crippen molar-refractivity contribution in [2.45, 2.75) is 17.8 Å². The number of alkyl halides is 1. The molecule has 0 spiro atoms. The minimum Gasteiger partial charge on any atom is -0.383 e. The number of nitrogen functional groups attached to an aromatic ring is 1. The lowest BCUT2D eigenvalue weighted by Crippen LogP contribution is -1.98. The Balaban J connectivity index is 3.09. The molecule has 2 nitrogen and oxygen atoms in total. The van der Waals surface area contributed by atoms with Crippen LogP contribution in [-0.2, 0) is 0 Å². The minimum atomic E-state index is 0.431. The maximum atomic E-state index is 5.71. The maximum Gasteiger partial charge on any atom is 0.127 e. The van der Waals surface area contributed by atoms with E-state index in [9.17, 15) is 0 Å². The molecule has 0 aliphatic rings. The van der Waals surface area contributed by atoms with Gasteiger partial charge in [-0.1, -0.05) is 28.7 Å². The first-order valence-corrected chi connectivity index (χ1v) is 4.73. The average Bonchev–Trinajstić information content (AvgIpc) is 1.85. The summed E-state index contributed by atoms with van der Waals surface area (Å²) in [6.45, 7) is 4.04. The number of nitrogens with zero attached hydrogens (tertiary/aromatic N) is 1. The Bertz CT molecular complexity index is 258. The Labute approximate surface area is 80.3 Å². The van der Waals surface area contributed by atoms with E-state index in [4.69, 9.17) is 5.73 Å². The number of aromatic nitrogens is 1. The van der Waals surface area contributed by atoms with Gasteiger partial charge in [0, 0.05) is 15.2 Å². The van der Waals surface area contributed by atoms with E-state index in [1.54, 1.807) is 0 Å². The molecule has 0 saturated carbocycles. The number of anilines is 1. The van der Waals surface area contributed by atoms with Gasteiger partial charge < -0.3 is 5.73 Å². The summed E-state index contributed by atoms with van der Waals surface area (Å²) in [7, 11) is 0. The first-order chi connectivity index (χ1) is 5.11. The zero-order valence-electron chi connectivity index (χ0n) is 6.63. The third-order valence-electron chi connectivity index (χ3n) is 1.53. The Morgan fingerprint density at radius 2 is 2.18 bits per heavy atom. The highest BCUT2D eigenvalue weighted by molar-refractivity contribution is 14.1. The molecule has 3 heteroatoms. The molecule has 0 bridgehead atoms. The molecule has 1 unspecified atom stereocenters. The van der Waals surface area contributed by atoms with Gasteiger partial charge in [0.05, 0.1) is 0 Å². The molecule has 0 fully saturated rings. The van der Waals surface area contributed by atoms with Crippen molar-refractivity contribution < 1.29 is 0 Å². The number of rotatable bonds is 1. The van der Waals surface area contributed by atoms with Crippen molar-refractivity contribution in [1.29, 1.82) is 0 Å². The van der Waals surface area contributed by atoms with Crippen LogP contribution in [0.1, 0.15) is 22.1 Å². The second kappa shape index (κ2) is 3.38. The third kappa shape index (κ3) is 2.05. The largest absolute Gasteiger partial charge is 0.383 e. The van der Waals surface area contributed by atoms with Gasteiger partial charge >= 0.3 is 0 Å². The second-order valence-corrected chi connectivity index (χ2v) is 4.41. The summed E-state index contributed by atoms with van der Waals surface area (Å²) in [5.41, 5.74) is 7.80. The third-order valence-corrected chi connectivity index (χ3v) is 2.20. The molecule has 2 N–H and O–H groups in total. The van der Waals surface area contributed by atoms with Gasteiger partial charge in [0.1, 0.15) is 5.82 Å². The first-order valence-electron chi connectivity index (χ1n) is 3.48. The van der Waals surface area contributed by atoms with E-state index in [1.165, 1.54) is 0 Å². The molecular weight excluding hydrogens is 251 g/mol. The van der Waals surface area contributed by atoms with Crippen molar-refractivity contribution in [3.63, 3.8) is 0 Å². The second-order valence-electron chi connectivity index (χ2n) is 2.54. The van der Waals surface area contributed by atoms with Gasteiger partial charge in [0.25, 0.3) is 0 Å². The molecule has 1 rings (SSSR count). The summed E-state index contributed by atoms with van der Waals surface area (Å²) in [6, 6.07) is 4.02. The van der Waals surface area contributed by atoms with Crippen molar-refractivity contribution in [2.24, 2.45) is 0 Å². The quantitative estimate of drug-likeness (QED) is 0.623. The van der Waals surface area contributed by atoms with Crippen LogP contribution in [0.2, 0.25) is 0 Å². The summed E-state index contributed by atoms with van der Waals surface area (Å²) < 4.78 is 0.431. The van der Waals surface area contributed by atoms with Crippen molar-refractivity contribution in [2.75, 3.05) is 5.73 Å². The standard InChI is InChI=1S/C8H11IN2/c1-5-3-4-7(6(2)9)8(10)11-5/h3-4,6H,1-2H3,(H2,10,11). The van der Waals surface area contributed by atoms with Crippen LogP contribution in [0.4, 0.5) is 5.82 Å². The zero-order chi connectivity index (χ0) is 8.43. The van der Waals surface area contributed by atoms with Crippen LogP contribution in [-0.4, -0.2) is 4.98 Å². The van der Waals surface area contributed by atoms with Gasteiger partial charge in [-0.25, -0.2) is 4.98 Å². The van der Waals surface area contributed by atoms with E-state index in [0.717, 1.165) is 11.3 Å². The van der Waals surface area contributed by atoms with Gasteiger partial charge in [-0.15, -0.1) is 0 Å². The van der Waals surface area contributed by atoms with Crippen molar-refractivity contribution in [1.82, 2.24) is 4.98 Å². The summed E-state index contributed by atoms with van der Waals surface area (Å²) in [5.74, 6) is 0.659. The van der Waals surface area contributed by atoms with E-state index < -0.39 is 0 Å². The van der Waals surface area contributed by atoms with Crippen LogP contribution in [0.3, 0.4) is 0 Å². The Morgan fingerprint density at radius 1 is 1.55 bits per heavy atom. The summed E-state index contributed by atoms with van der Waals surface area (Å²) in [6.07, 6.45) is 0. The zero-order valence-corrected chi connectivity index (χ0v) is 8.79.